The molecule has 0 spiro atoms. The quantitative estimate of drug-likeness (QED) is 0.598. The Morgan fingerprint density at radius 2 is 2.21 bits per heavy atom. The molecule has 0 fully saturated rings. The third-order valence-corrected chi connectivity index (χ3v) is 2.42. The van der Waals surface area contributed by atoms with Crippen molar-refractivity contribution in [3.05, 3.63) is 33.0 Å². The Hall–Kier alpha value is -0.690. The van der Waals surface area contributed by atoms with E-state index in [9.17, 15) is 0 Å². The predicted molar refractivity (Wildman–Crippen MR) is 61.6 cm³/mol. The first kappa shape index (κ1) is 9.85. The summed E-state index contributed by atoms with van der Waals surface area (Å²) in [4.78, 5) is 7.99. The van der Waals surface area contributed by atoms with E-state index >= 15 is 0 Å². The molecule has 2 aromatic rings. The number of nitrogens with zero attached hydrogens (tertiary/aromatic N) is 4. The van der Waals surface area contributed by atoms with Gasteiger partial charge in [-0.2, -0.15) is 10.1 Å². The van der Waals surface area contributed by atoms with E-state index in [2.05, 4.69) is 37.7 Å². The average molecular weight is 321 g/mol. The van der Waals surface area contributed by atoms with E-state index in [0.29, 0.717) is 5.82 Å². The van der Waals surface area contributed by atoms with E-state index in [1.54, 1.807) is 17.1 Å². The number of hydrogen-bond donors (Lipinski definition) is 0. The molecule has 0 radical (unpaired) electrons. The molecule has 2 heterocycles. The highest BCUT2D eigenvalue weighted by Gasteiger charge is 2.05. The van der Waals surface area contributed by atoms with Crippen LogP contribution in [0, 0.1) is 10.5 Å². The highest BCUT2D eigenvalue weighted by atomic mass is 127. The minimum absolute atomic E-state index is 0.233. The van der Waals surface area contributed by atoms with Crippen molar-refractivity contribution in [2.45, 2.75) is 6.92 Å². The summed E-state index contributed by atoms with van der Waals surface area (Å²) in [6, 6.07) is 0. The molecule has 0 bridgehead atoms. The molecular weight excluding hydrogens is 314 g/mol. The lowest BCUT2D eigenvalue weighted by molar-refractivity contribution is 0.829. The van der Waals surface area contributed by atoms with Crippen molar-refractivity contribution in [1.29, 1.82) is 0 Å². The van der Waals surface area contributed by atoms with Crippen molar-refractivity contribution < 1.29 is 0 Å². The second kappa shape index (κ2) is 3.82. The van der Waals surface area contributed by atoms with Crippen LogP contribution in [0.4, 0.5) is 0 Å². The van der Waals surface area contributed by atoms with Gasteiger partial charge in [0.25, 0.3) is 0 Å². The van der Waals surface area contributed by atoms with Crippen molar-refractivity contribution in [2.24, 2.45) is 0 Å². The first-order chi connectivity index (χ1) is 6.66. The Labute approximate surface area is 99.5 Å². The third-order valence-electron chi connectivity index (χ3n) is 1.68. The standard InChI is InChI=1S/C8H6ClIN4/c1-5-2-11-8(9)13-7(5)14-4-6(10)3-12-14/h2-4H,1H3. The minimum atomic E-state index is 0.233. The highest BCUT2D eigenvalue weighted by Crippen LogP contribution is 2.13. The molecule has 0 saturated heterocycles. The summed E-state index contributed by atoms with van der Waals surface area (Å²) >= 11 is 7.90. The van der Waals surface area contributed by atoms with Crippen LogP contribution in [0.5, 0.6) is 0 Å². The maximum Gasteiger partial charge on any atom is 0.224 e. The minimum Gasteiger partial charge on any atom is -0.226 e. The molecule has 0 aromatic carbocycles. The van der Waals surface area contributed by atoms with Gasteiger partial charge in [-0.1, -0.05) is 0 Å². The molecule has 4 nitrogen and oxygen atoms in total. The zero-order valence-corrected chi connectivity index (χ0v) is 10.2. The van der Waals surface area contributed by atoms with Crippen LogP contribution in [0.1, 0.15) is 5.56 Å². The zero-order chi connectivity index (χ0) is 10.1. The van der Waals surface area contributed by atoms with E-state index in [1.165, 1.54) is 0 Å². The topological polar surface area (TPSA) is 43.6 Å². The van der Waals surface area contributed by atoms with Gasteiger partial charge in [0.1, 0.15) is 0 Å². The van der Waals surface area contributed by atoms with Gasteiger partial charge in [-0.05, 0) is 41.1 Å². The van der Waals surface area contributed by atoms with Crippen LogP contribution >= 0.6 is 34.2 Å². The molecule has 72 valence electrons. The molecule has 0 unspecified atom stereocenters. The van der Waals surface area contributed by atoms with Crippen LogP contribution in [-0.4, -0.2) is 19.7 Å². The van der Waals surface area contributed by atoms with Gasteiger partial charge < -0.3 is 0 Å². The molecule has 0 atom stereocenters. The van der Waals surface area contributed by atoms with Crippen molar-refractivity contribution in [1.82, 2.24) is 19.7 Å². The molecule has 6 heteroatoms. The van der Waals surface area contributed by atoms with Crippen LogP contribution < -0.4 is 0 Å². The maximum absolute atomic E-state index is 5.71. The number of halogens is 2. The summed E-state index contributed by atoms with van der Waals surface area (Å²) < 4.78 is 2.74. The van der Waals surface area contributed by atoms with Crippen molar-refractivity contribution in [3.8, 4) is 5.82 Å². The molecular formula is C8H6ClIN4. The van der Waals surface area contributed by atoms with Crippen LogP contribution in [0.15, 0.2) is 18.6 Å². The lowest BCUT2D eigenvalue weighted by atomic mass is 10.3. The van der Waals surface area contributed by atoms with Crippen LogP contribution in [0.3, 0.4) is 0 Å². The van der Waals surface area contributed by atoms with Crippen LogP contribution in [0.25, 0.3) is 5.82 Å². The van der Waals surface area contributed by atoms with E-state index in [-0.39, 0.29) is 5.28 Å². The van der Waals surface area contributed by atoms with Crippen molar-refractivity contribution in [2.75, 3.05) is 0 Å². The SMILES string of the molecule is Cc1cnc(Cl)nc1-n1cc(I)cn1. The Morgan fingerprint density at radius 3 is 2.86 bits per heavy atom. The largest absolute Gasteiger partial charge is 0.226 e. The summed E-state index contributed by atoms with van der Waals surface area (Å²) in [6.45, 7) is 1.92. The first-order valence-corrected chi connectivity index (χ1v) is 5.32. The van der Waals surface area contributed by atoms with Crippen molar-refractivity contribution >= 4 is 34.2 Å². The average Bonchev–Trinajstić information content (AvgIpc) is 2.56. The molecule has 0 saturated carbocycles. The fraction of sp³-hybridized carbons (Fsp3) is 0.125. The normalized spacial score (nSPS) is 10.5. The summed E-state index contributed by atoms with van der Waals surface area (Å²) in [7, 11) is 0. The van der Waals surface area contributed by atoms with Gasteiger partial charge in [0.15, 0.2) is 5.82 Å². The first-order valence-electron chi connectivity index (χ1n) is 3.86. The summed E-state index contributed by atoms with van der Waals surface area (Å²) in [6.07, 6.45) is 5.32. The maximum atomic E-state index is 5.71. The smallest absolute Gasteiger partial charge is 0.224 e. The summed E-state index contributed by atoms with van der Waals surface area (Å²) in [5.41, 5.74) is 0.939. The van der Waals surface area contributed by atoms with Gasteiger partial charge in [0.2, 0.25) is 5.28 Å². The molecule has 2 aromatic heterocycles. The Morgan fingerprint density at radius 1 is 1.43 bits per heavy atom. The Kier molecular flexibility index (Phi) is 2.69. The zero-order valence-electron chi connectivity index (χ0n) is 7.28. The summed E-state index contributed by atoms with van der Waals surface area (Å²) in [5, 5.41) is 4.38. The molecule has 0 aliphatic rings. The van der Waals surface area contributed by atoms with Crippen LogP contribution in [0.2, 0.25) is 5.28 Å². The number of aryl methyl sites for hydroxylation is 1. The molecule has 0 N–H and O–H groups in total. The number of hydrogen-bond acceptors (Lipinski definition) is 3. The van der Waals surface area contributed by atoms with Gasteiger partial charge in [0.05, 0.1) is 9.77 Å². The van der Waals surface area contributed by atoms with Gasteiger partial charge in [-0.3, -0.25) is 0 Å². The Balaban J connectivity index is 2.55. The van der Waals surface area contributed by atoms with Gasteiger partial charge >= 0.3 is 0 Å². The molecule has 0 aliphatic carbocycles. The van der Waals surface area contributed by atoms with E-state index in [0.717, 1.165) is 9.13 Å². The Bertz CT molecular complexity index is 468. The van der Waals surface area contributed by atoms with Gasteiger partial charge in [-0.15, -0.1) is 0 Å². The fourth-order valence-corrected chi connectivity index (χ4v) is 1.58. The van der Waals surface area contributed by atoms with E-state index in [1.807, 2.05) is 13.1 Å². The van der Waals surface area contributed by atoms with Crippen LogP contribution in [-0.2, 0) is 0 Å². The molecule has 0 amide bonds. The fourth-order valence-electron chi connectivity index (χ4n) is 1.06. The second-order valence-electron chi connectivity index (χ2n) is 2.75. The molecule has 2 rings (SSSR count). The monoisotopic (exact) mass is 320 g/mol. The molecule has 0 aliphatic heterocycles. The highest BCUT2D eigenvalue weighted by molar-refractivity contribution is 14.1. The van der Waals surface area contributed by atoms with Gasteiger partial charge in [-0.25, -0.2) is 9.67 Å². The number of aromatic nitrogens is 4. The van der Waals surface area contributed by atoms with E-state index < -0.39 is 0 Å². The third kappa shape index (κ3) is 1.88. The lowest BCUT2D eigenvalue weighted by Crippen LogP contribution is -2.02. The predicted octanol–water partition coefficient (Wildman–Crippen LogP) is 2.23. The summed E-state index contributed by atoms with van der Waals surface area (Å²) in [5.74, 6) is 0.716. The number of rotatable bonds is 1. The second-order valence-corrected chi connectivity index (χ2v) is 4.33. The van der Waals surface area contributed by atoms with E-state index in [4.69, 9.17) is 11.6 Å². The lowest BCUT2D eigenvalue weighted by Gasteiger charge is -2.03. The van der Waals surface area contributed by atoms with Gasteiger partial charge in [0, 0.05) is 18.0 Å². The molecule has 14 heavy (non-hydrogen) atoms. The van der Waals surface area contributed by atoms with Crippen molar-refractivity contribution in [3.63, 3.8) is 0 Å².